The maximum Gasteiger partial charge on any atom is 0.301 e. The number of amides is 1. The van der Waals surface area contributed by atoms with E-state index in [1.165, 1.54) is 16.2 Å². The van der Waals surface area contributed by atoms with E-state index in [0.29, 0.717) is 58.7 Å². The molecule has 3 aromatic carbocycles. The van der Waals surface area contributed by atoms with Crippen molar-refractivity contribution in [1.29, 1.82) is 0 Å². The minimum atomic E-state index is -0.968. The number of aliphatic hydroxyl groups is 1. The number of carbonyl (C=O) groups excluding carboxylic acids is 2. The molecule has 1 saturated heterocycles. The van der Waals surface area contributed by atoms with Crippen LogP contribution in [-0.4, -0.2) is 48.2 Å². The van der Waals surface area contributed by atoms with E-state index in [9.17, 15) is 14.7 Å². The van der Waals surface area contributed by atoms with Crippen LogP contribution in [0, 0.1) is 0 Å². The van der Waals surface area contributed by atoms with Gasteiger partial charge >= 0.3 is 5.91 Å². The summed E-state index contributed by atoms with van der Waals surface area (Å²) in [5, 5.41) is 12.1. The van der Waals surface area contributed by atoms with Gasteiger partial charge in [0.25, 0.3) is 5.78 Å². The Balaban J connectivity index is 1.49. The zero-order valence-electron chi connectivity index (χ0n) is 25.8. The first-order chi connectivity index (χ1) is 21.8. The number of anilines is 1. The number of hydrogen-bond donors (Lipinski definition) is 1. The number of hydrogen-bond acceptors (Lipinski definition) is 9. The van der Waals surface area contributed by atoms with Gasteiger partial charge < -0.3 is 24.1 Å². The molecule has 1 amide bonds. The molecule has 4 aromatic rings. The fourth-order valence-electron chi connectivity index (χ4n) is 5.81. The molecule has 1 aromatic heterocycles. The summed E-state index contributed by atoms with van der Waals surface area (Å²) in [6.07, 6.45) is 3.74. The molecular formula is C35H36N2O7S. The van der Waals surface area contributed by atoms with Crippen LogP contribution in [0.2, 0.25) is 0 Å². The Kier molecular flexibility index (Phi) is 8.67. The van der Waals surface area contributed by atoms with Crippen LogP contribution in [0.3, 0.4) is 0 Å². The Morgan fingerprint density at radius 3 is 2.67 bits per heavy atom. The molecule has 45 heavy (non-hydrogen) atoms. The number of ether oxygens (including phenoxy) is 4. The molecule has 2 aliphatic heterocycles. The van der Waals surface area contributed by atoms with Crippen LogP contribution < -0.4 is 23.8 Å². The molecule has 10 heteroatoms. The van der Waals surface area contributed by atoms with Gasteiger partial charge in [-0.05, 0) is 79.9 Å². The van der Waals surface area contributed by atoms with E-state index in [0.717, 1.165) is 35.3 Å². The molecule has 1 fully saturated rings. The van der Waals surface area contributed by atoms with Gasteiger partial charge in [0.1, 0.15) is 23.4 Å². The molecule has 1 N–H and O–H groups in total. The van der Waals surface area contributed by atoms with Gasteiger partial charge in [-0.3, -0.25) is 14.5 Å². The predicted molar refractivity (Wildman–Crippen MR) is 174 cm³/mol. The van der Waals surface area contributed by atoms with Gasteiger partial charge in [-0.15, -0.1) is 0 Å². The average Bonchev–Trinajstić information content (AvgIpc) is 3.71. The Bertz CT molecular complexity index is 1800. The number of unbranched alkanes of at least 4 members (excludes halogenated alkanes) is 2. The van der Waals surface area contributed by atoms with Crippen molar-refractivity contribution < 1.29 is 33.6 Å². The van der Waals surface area contributed by atoms with Crippen molar-refractivity contribution in [2.75, 3.05) is 25.2 Å². The van der Waals surface area contributed by atoms with Crippen LogP contribution in [0.15, 0.2) is 60.2 Å². The molecule has 234 valence electrons. The van der Waals surface area contributed by atoms with Crippen molar-refractivity contribution in [1.82, 2.24) is 4.98 Å². The van der Waals surface area contributed by atoms with Crippen LogP contribution in [-0.2, 0) is 16.0 Å². The van der Waals surface area contributed by atoms with Crippen molar-refractivity contribution in [3.8, 4) is 23.0 Å². The molecular weight excluding hydrogens is 592 g/mol. The van der Waals surface area contributed by atoms with E-state index in [-0.39, 0.29) is 17.4 Å². The highest BCUT2D eigenvalue weighted by Gasteiger charge is 2.48. The van der Waals surface area contributed by atoms with Crippen LogP contribution in [0.1, 0.15) is 62.8 Å². The lowest BCUT2D eigenvalue weighted by atomic mass is 9.94. The normalized spacial score (nSPS) is 18.7. The minimum Gasteiger partial charge on any atom is -0.507 e. The van der Waals surface area contributed by atoms with Gasteiger partial charge in [-0.2, -0.15) is 0 Å². The molecule has 9 nitrogen and oxygen atoms in total. The molecule has 0 saturated carbocycles. The molecule has 2 unspecified atom stereocenters. The van der Waals surface area contributed by atoms with Crippen LogP contribution >= 0.6 is 11.3 Å². The topological polar surface area (TPSA) is 107 Å². The molecule has 3 heterocycles. The van der Waals surface area contributed by atoms with Crippen molar-refractivity contribution in [3.63, 3.8) is 0 Å². The molecule has 0 radical (unpaired) electrons. The Morgan fingerprint density at radius 2 is 1.89 bits per heavy atom. The first-order valence-electron chi connectivity index (χ1n) is 15.3. The predicted octanol–water partition coefficient (Wildman–Crippen LogP) is 7.22. The third-order valence-electron chi connectivity index (χ3n) is 7.99. The number of thiazole rings is 1. The van der Waals surface area contributed by atoms with Gasteiger partial charge in [-0.1, -0.05) is 37.2 Å². The lowest BCUT2D eigenvalue weighted by Crippen LogP contribution is -2.29. The second-order valence-corrected chi connectivity index (χ2v) is 12.2. The number of aliphatic hydroxyl groups excluding tert-OH is 1. The van der Waals surface area contributed by atoms with E-state index in [2.05, 4.69) is 6.92 Å². The van der Waals surface area contributed by atoms with Crippen LogP contribution in [0.25, 0.3) is 16.0 Å². The fourth-order valence-corrected chi connectivity index (χ4v) is 6.83. The van der Waals surface area contributed by atoms with Crippen molar-refractivity contribution in [3.05, 3.63) is 76.9 Å². The molecule has 0 aliphatic carbocycles. The Hall–Kier alpha value is -4.57. The second kappa shape index (κ2) is 12.8. The van der Waals surface area contributed by atoms with E-state index in [1.807, 2.05) is 38.1 Å². The zero-order valence-corrected chi connectivity index (χ0v) is 26.6. The van der Waals surface area contributed by atoms with Crippen LogP contribution in [0.5, 0.6) is 23.0 Å². The molecule has 0 bridgehead atoms. The number of carbonyl (C=O) groups is 2. The summed E-state index contributed by atoms with van der Waals surface area (Å²) in [6.45, 7) is 6.93. The smallest absolute Gasteiger partial charge is 0.301 e. The number of benzene rings is 3. The lowest BCUT2D eigenvalue weighted by Gasteiger charge is -2.24. The maximum absolute atomic E-state index is 13.8. The van der Waals surface area contributed by atoms with E-state index >= 15 is 0 Å². The summed E-state index contributed by atoms with van der Waals surface area (Å²) in [4.78, 5) is 33.8. The zero-order chi connectivity index (χ0) is 31.7. The van der Waals surface area contributed by atoms with Gasteiger partial charge in [-0.25, -0.2) is 4.98 Å². The van der Waals surface area contributed by atoms with Crippen molar-refractivity contribution >= 4 is 44.1 Å². The molecule has 2 atom stereocenters. The number of aromatic nitrogens is 1. The summed E-state index contributed by atoms with van der Waals surface area (Å²) in [6, 6.07) is 15.2. The minimum absolute atomic E-state index is 0.0142. The SMILES string of the molecule is CCCCCOc1ccc(C2/C(=C(\O)c3ccc4c(c3)CC(C)O4)C(=O)C(=O)N2c2nc3ccc(OC)cc3s2)cc1OCC. The second-order valence-electron chi connectivity index (χ2n) is 11.1. The van der Waals surface area contributed by atoms with E-state index in [4.69, 9.17) is 23.9 Å². The summed E-state index contributed by atoms with van der Waals surface area (Å²) >= 11 is 1.27. The van der Waals surface area contributed by atoms with Crippen LogP contribution in [0.4, 0.5) is 5.13 Å². The van der Waals surface area contributed by atoms with Gasteiger partial charge in [0.15, 0.2) is 16.6 Å². The van der Waals surface area contributed by atoms with Gasteiger partial charge in [0, 0.05) is 12.0 Å². The van der Waals surface area contributed by atoms with Gasteiger partial charge in [0.05, 0.1) is 42.2 Å². The fraction of sp³-hybridized carbons (Fsp3) is 0.343. The van der Waals surface area contributed by atoms with E-state index in [1.54, 1.807) is 37.4 Å². The van der Waals surface area contributed by atoms with Crippen molar-refractivity contribution in [2.24, 2.45) is 0 Å². The first kappa shape index (κ1) is 30.5. The Morgan fingerprint density at radius 1 is 1.04 bits per heavy atom. The highest BCUT2D eigenvalue weighted by atomic mass is 32.1. The largest absolute Gasteiger partial charge is 0.507 e. The summed E-state index contributed by atoms with van der Waals surface area (Å²) in [5.74, 6) is 0.645. The highest BCUT2D eigenvalue weighted by molar-refractivity contribution is 7.22. The molecule has 0 spiro atoms. The van der Waals surface area contributed by atoms with Crippen molar-refractivity contribution in [2.45, 2.75) is 58.6 Å². The summed E-state index contributed by atoms with van der Waals surface area (Å²) in [7, 11) is 1.58. The molecule has 2 aliphatic rings. The Labute approximate surface area is 266 Å². The summed E-state index contributed by atoms with van der Waals surface area (Å²) < 4.78 is 24.0. The average molecular weight is 629 g/mol. The standard InChI is InChI=1S/C35H36N2O7S/c1-5-7-8-15-43-27-14-9-21(18-28(27)42-6-2)31-30(32(38)22-10-13-26-23(17-22)16-20(3)44-26)33(39)34(40)37(31)35-36-25-12-11-24(41-4)19-29(25)45-35/h9-14,17-20,31,38H,5-8,15-16H2,1-4H3/b32-30+. The number of rotatable bonds is 11. The number of fused-ring (bicyclic) bond motifs is 2. The number of nitrogens with zero attached hydrogens (tertiary/aromatic N) is 2. The lowest BCUT2D eigenvalue weighted by molar-refractivity contribution is -0.132. The summed E-state index contributed by atoms with van der Waals surface area (Å²) in [5.41, 5.74) is 2.58. The third-order valence-corrected chi connectivity index (χ3v) is 9.01. The molecule has 6 rings (SSSR count). The quantitative estimate of drug-likeness (QED) is 0.0803. The third kappa shape index (κ3) is 5.82. The number of methoxy groups -OCH3 is 1. The van der Waals surface area contributed by atoms with Gasteiger partial charge in [0.2, 0.25) is 0 Å². The number of Topliss-reactive ketones (excluding diaryl/α,β-unsaturated/α-hetero) is 1. The maximum atomic E-state index is 13.8. The first-order valence-corrected chi connectivity index (χ1v) is 16.1. The number of ketones is 1. The van der Waals surface area contributed by atoms with E-state index < -0.39 is 17.7 Å². The highest BCUT2D eigenvalue weighted by Crippen LogP contribution is 2.46. The monoisotopic (exact) mass is 628 g/mol.